The standard InChI is InChI=1S/C19H26N2O3/c1-3-4-9-20-11-12-5-6-13-14-7-8-17(23)21(2)18(14)16(22)10-15(13)19(12)24/h10,12,20,22H,3-9,11H2,1-2H3. The zero-order chi connectivity index (χ0) is 17.3. The van der Waals surface area contributed by atoms with Crippen LogP contribution in [0.25, 0.3) is 0 Å². The van der Waals surface area contributed by atoms with Gasteiger partial charge in [0.15, 0.2) is 5.78 Å². The zero-order valence-corrected chi connectivity index (χ0v) is 14.5. The third-order valence-electron chi connectivity index (χ3n) is 5.27. The lowest BCUT2D eigenvalue weighted by molar-refractivity contribution is -0.118. The lowest BCUT2D eigenvalue weighted by atomic mass is 9.78. The number of phenols is 1. The Balaban J connectivity index is 1.86. The van der Waals surface area contributed by atoms with Crippen LogP contribution in [0.1, 0.15) is 54.1 Å². The SMILES string of the molecule is CCCCNCC1CCc2c(cc(O)c3c2CCC(=O)N3C)C1=O. The summed E-state index contributed by atoms with van der Waals surface area (Å²) in [5, 5.41) is 13.8. The molecule has 5 heteroatoms. The molecular formula is C19H26N2O3. The van der Waals surface area contributed by atoms with E-state index >= 15 is 0 Å². The van der Waals surface area contributed by atoms with Gasteiger partial charge >= 0.3 is 0 Å². The first kappa shape index (κ1) is 17.0. The van der Waals surface area contributed by atoms with Gasteiger partial charge in [-0.15, -0.1) is 0 Å². The highest BCUT2D eigenvalue weighted by Crippen LogP contribution is 2.42. The number of fused-ring (bicyclic) bond motifs is 3. The summed E-state index contributed by atoms with van der Waals surface area (Å²) in [6.45, 7) is 3.79. The molecule has 130 valence electrons. The molecule has 1 unspecified atom stereocenters. The summed E-state index contributed by atoms with van der Waals surface area (Å²) in [4.78, 5) is 26.3. The molecule has 24 heavy (non-hydrogen) atoms. The molecule has 1 aliphatic heterocycles. The van der Waals surface area contributed by atoms with E-state index in [2.05, 4.69) is 12.2 Å². The van der Waals surface area contributed by atoms with Gasteiger partial charge in [0.1, 0.15) is 5.75 Å². The smallest absolute Gasteiger partial charge is 0.227 e. The van der Waals surface area contributed by atoms with Gasteiger partial charge in [0.25, 0.3) is 0 Å². The van der Waals surface area contributed by atoms with E-state index in [9.17, 15) is 14.7 Å². The fraction of sp³-hybridized carbons (Fsp3) is 0.579. The van der Waals surface area contributed by atoms with Gasteiger partial charge in [-0.05, 0) is 49.4 Å². The van der Waals surface area contributed by atoms with Crippen molar-refractivity contribution in [2.45, 2.75) is 45.4 Å². The normalized spacial score (nSPS) is 20.1. The van der Waals surface area contributed by atoms with E-state index in [1.807, 2.05) is 0 Å². The van der Waals surface area contributed by atoms with Crippen LogP contribution in [0.3, 0.4) is 0 Å². The molecule has 1 aromatic carbocycles. The molecule has 3 rings (SSSR count). The summed E-state index contributed by atoms with van der Waals surface area (Å²) in [6, 6.07) is 1.57. The predicted octanol–water partition coefficient (Wildman–Crippen LogP) is 2.44. The number of rotatable bonds is 5. The summed E-state index contributed by atoms with van der Waals surface area (Å²) in [7, 11) is 1.69. The van der Waals surface area contributed by atoms with Crippen LogP contribution in [0.2, 0.25) is 0 Å². The van der Waals surface area contributed by atoms with Crippen molar-refractivity contribution < 1.29 is 14.7 Å². The molecule has 0 fully saturated rings. The third-order valence-corrected chi connectivity index (χ3v) is 5.27. The van der Waals surface area contributed by atoms with Crippen LogP contribution in [0, 0.1) is 5.92 Å². The first-order chi connectivity index (χ1) is 11.5. The molecule has 0 saturated heterocycles. The Morgan fingerprint density at radius 3 is 2.79 bits per heavy atom. The number of Topliss-reactive ketones (excluding diaryl/α,β-unsaturated/α-hetero) is 1. The minimum atomic E-state index is -0.0187. The topological polar surface area (TPSA) is 69.6 Å². The van der Waals surface area contributed by atoms with Crippen LogP contribution < -0.4 is 10.2 Å². The number of ketones is 1. The molecule has 0 spiro atoms. The highest BCUT2D eigenvalue weighted by atomic mass is 16.3. The minimum absolute atomic E-state index is 0.0119. The van der Waals surface area contributed by atoms with Gasteiger partial charge in [0.05, 0.1) is 5.69 Å². The summed E-state index contributed by atoms with van der Waals surface area (Å²) in [5.41, 5.74) is 3.27. The molecular weight excluding hydrogens is 304 g/mol. The van der Waals surface area contributed by atoms with E-state index in [0.717, 1.165) is 43.4 Å². The Hall–Kier alpha value is -1.88. The maximum Gasteiger partial charge on any atom is 0.227 e. The minimum Gasteiger partial charge on any atom is -0.506 e. The van der Waals surface area contributed by atoms with Crippen LogP contribution in [-0.4, -0.2) is 36.9 Å². The Morgan fingerprint density at radius 2 is 2.04 bits per heavy atom. The first-order valence-electron chi connectivity index (χ1n) is 8.93. The first-order valence-corrected chi connectivity index (χ1v) is 8.93. The number of carbonyl (C=O) groups excluding carboxylic acids is 2. The predicted molar refractivity (Wildman–Crippen MR) is 93.8 cm³/mol. The van der Waals surface area contributed by atoms with E-state index < -0.39 is 0 Å². The Kier molecular flexibility index (Phi) is 4.90. The molecule has 1 aliphatic carbocycles. The van der Waals surface area contributed by atoms with Crippen molar-refractivity contribution in [1.29, 1.82) is 0 Å². The average Bonchev–Trinajstić information content (AvgIpc) is 2.57. The second-order valence-corrected chi connectivity index (χ2v) is 6.86. The molecule has 0 aromatic heterocycles. The maximum atomic E-state index is 12.8. The molecule has 2 aliphatic rings. The largest absolute Gasteiger partial charge is 0.506 e. The van der Waals surface area contributed by atoms with Crippen molar-refractivity contribution in [2.24, 2.45) is 5.92 Å². The van der Waals surface area contributed by atoms with E-state index in [1.165, 1.54) is 4.90 Å². The number of anilines is 1. The molecule has 0 radical (unpaired) electrons. The maximum absolute atomic E-state index is 12.8. The van der Waals surface area contributed by atoms with Gasteiger partial charge in [-0.25, -0.2) is 0 Å². The Morgan fingerprint density at radius 1 is 1.25 bits per heavy atom. The van der Waals surface area contributed by atoms with Crippen molar-refractivity contribution in [1.82, 2.24) is 5.32 Å². The number of hydrogen-bond acceptors (Lipinski definition) is 4. The Bertz CT molecular complexity index is 669. The van der Waals surface area contributed by atoms with Gasteiger partial charge in [-0.1, -0.05) is 13.3 Å². The number of nitrogens with zero attached hydrogens (tertiary/aromatic N) is 1. The summed E-state index contributed by atoms with van der Waals surface area (Å²) in [5.74, 6) is 0.165. The van der Waals surface area contributed by atoms with Gasteiger partial charge in [0, 0.05) is 31.5 Å². The number of hydrogen-bond donors (Lipinski definition) is 2. The molecule has 1 amide bonds. The molecule has 1 atom stereocenters. The number of unbranched alkanes of at least 4 members (excludes halogenated alkanes) is 1. The van der Waals surface area contributed by atoms with Crippen LogP contribution in [0.4, 0.5) is 5.69 Å². The molecule has 0 saturated carbocycles. The zero-order valence-electron chi connectivity index (χ0n) is 14.5. The van der Waals surface area contributed by atoms with Crippen molar-refractivity contribution in [3.8, 4) is 5.75 Å². The number of phenolic OH excluding ortho intramolecular Hbond substituents is 1. The van der Waals surface area contributed by atoms with Crippen LogP contribution in [0.15, 0.2) is 6.07 Å². The summed E-state index contributed by atoms with van der Waals surface area (Å²) < 4.78 is 0. The average molecular weight is 330 g/mol. The second kappa shape index (κ2) is 6.93. The molecule has 2 N–H and O–H groups in total. The second-order valence-electron chi connectivity index (χ2n) is 6.86. The van der Waals surface area contributed by atoms with Crippen molar-refractivity contribution in [2.75, 3.05) is 25.0 Å². The quantitative estimate of drug-likeness (QED) is 0.814. The van der Waals surface area contributed by atoms with Crippen molar-refractivity contribution in [3.05, 3.63) is 22.8 Å². The van der Waals surface area contributed by atoms with Crippen LogP contribution in [0.5, 0.6) is 5.75 Å². The number of aromatic hydroxyl groups is 1. The van der Waals surface area contributed by atoms with Crippen molar-refractivity contribution >= 4 is 17.4 Å². The number of amides is 1. The number of benzene rings is 1. The Labute approximate surface area is 143 Å². The monoisotopic (exact) mass is 330 g/mol. The van der Waals surface area contributed by atoms with Gasteiger partial charge in [-0.3, -0.25) is 9.59 Å². The lowest BCUT2D eigenvalue weighted by Gasteiger charge is -2.32. The molecule has 1 aromatic rings. The van der Waals surface area contributed by atoms with Gasteiger partial charge in [-0.2, -0.15) is 0 Å². The highest BCUT2D eigenvalue weighted by molar-refractivity contribution is 6.04. The van der Waals surface area contributed by atoms with Crippen LogP contribution >= 0.6 is 0 Å². The number of nitrogens with one attached hydrogen (secondary N) is 1. The lowest BCUT2D eigenvalue weighted by Crippen LogP contribution is -2.35. The third kappa shape index (κ3) is 2.93. The van der Waals surface area contributed by atoms with E-state index in [1.54, 1.807) is 13.1 Å². The molecule has 0 bridgehead atoms. The molecule has 1 heterocycles. The van der Waals surface area contributed by atoms with Crippen LogP contribution in [-0.2, 0) is 17.6 Å². The molecule has 5 nitrogen and oxygen atoms in total. The number of carbonyl (C=O) groups is 2. The fourth-order valence-corrected chi connectivity index (χ4v) is 3.87. The fourth-order valence-electron chi connectivity index (χ4n) is 3.87. The van der Waals surface area contributed by atoms with E-state index in [0.29, 0.717) is 30.6 Å². The van der Waals surface area contributed by atoms with Gasteiger partial charge < -0.3 is 15.3 Å². The van der Waals surface area contributed by atoms with Crippen molar-refractivity contribution in [3.63, 3.8) is 0 Å². The van der Waals surface area contributed by atoms with E-state index in [4.69, 9.17) is 0 Å². The van der Waals surface area contributed by atoms with E-state index in [-0.39, 0.29) is 23.4 Å². The van der Waals surface area contributed by atoms with Gasteiger partial charge in [0.2, 0.25) is 5.91 Å². The summed E-state index contributed by atoms with van der Waals surface area (Å²) >= 11 is 0. The highest BCUT2D eigenvalue weighted by Gasteiger charge is 2.34. The summed E-state index contributed by atoms with van der Waals surface area (Å²) in [6.07, 6.45) is 4.98.